The van der Waals surface area contributed by atoms with Gasteiger partial charge in [0, 0.05) is 18.1 Å². The van der Waals surface area contributed by atoms with Crippen LogP contribution in [0.5, 0.6) is 0 Å². The molecule has 0 fully saturated rings. The van der Waals surface area contributed by atoms with Gasteiger partial charge >= 0.3 is 5.97 Å². The molecular formula is C17H20N4O3S2. The summed E-state index contributed by atoms with van der Waals surface area (Å²) in [6.45, 7) is 2.09. The molecule has 3 rings (SSSR count). The van der Waals surface area contributed by atoms with Gasteiger partial charge in [-0.2, -0.15) is 5.10 Å². The standard InChI is InChI=1S/C17H20N4O3S2/c1-3-24-16(23)13-10-6-4-5-7-12(10)26-15(13)20-17(25)19-14(22)11-8-9-18-21(11)2/h8-9H,3-7H2,1-2H3,(H2,19,20,22,25). The van der Waals surface area contributed by atoms with Gasteiger partial charge in [-0.25, -0.2) is 4.79 Å². The summed E-state index contributed by atoms with van der Waals surface area (Å²) in [7, 11) is 1.68. The van der Waals surface area contributed by atoms with Gasteiger partial charge in [-0.05, 0) is 56.5 Å². The van der Waals surface area contributed by atoms with Crippen LogP contribution in [-0.4, -0.2) is 33.4 Å². The number of esters is 1. The minimum Gasteiger partial charge on any atom is -0.462 e. The van der Waals surface area contributed by atoms with Crippen molar-refractivity contribution in [1.29, 1.82) is 0 Å². The van der Waals surface area contributed by atoms with E-state index in [1.807, 2.05) is 0 Å². The minimum absolute atomic E-state index is 0.139. The lowest BCUT2D eigenvalue weighted by Crippen LogP contribution is -2.35. The molecule has 0 saturated heterocycles. The van der Waals surface area contributed by atoms with Gasteiger partial charge in [0.05, 0.1) is 12.2 Å². The summed E-state index contributed by atoms with van der Waals surface area (Å²) in [5.41, 5.74) is 1.98. The number of thiophene rings is 1. The predicted octanol–water partition coefficient (Wildman–Crippen LogP) is 2.66. The quantitative estimate of drug-likeness (QED) is 0.615. The van der Waals surface area contributed by atoms with Crippen LogP contribution >= 0.6 is 23.6 Å². The molecule has 0 aliphatic heterocycles. The first-order chi connectivity index (χ1) is 12.5. The maximum atomic E-state index is 12.4. The summed E-state index contributed by atoms with van der Waals surface area (Å²) < 4.78 is 6.68. The first kappa shape index (κ1) is 18.5. The van der Waals surface area contributed by atoms with E-state index in [2.05, 4.69) is 15.7 Å². The van der Waals surface area contributed by atoms with Crippen molar-refractivity contribution in [3.05, 3.63) is 34.0 Å². The molecule has 2 heterocycles. The number of thiocarbonyl (C=S) groups is 1. The van der Waals surface area contributed by atoms with E-state index >= 15 is 0 Å². The molecule has 1 aliphatic carbocycles. The molecule has 1 amide bonds. The second-order valence-electron chi connectivity index (χ2n) is 5.88. The molecule has 0 aromatic carbocycles. The van der Waals surface area contributed by atoms with Crippen molar-refractivity contribution in [1.82, 2.24) is 15.1 Å². The molecule has 0 saturated carbocycles. The van der Waals surface area contributed by atoms with Crippen molar-refractivity contribution in [3.8, 4) is 0 Å². The van der Waals surface area contributed by atoms with Gasteiger partial charge in [-0.1, -0.05) is 0 Å². The van der Waals surface area contributed by atoms with E-state index in [0.717, 1.165) is 31.2 Å². The third-order valence-corrected chi connectivity index (χ3v) is 5.57. The number of nitrogens with one attached hydrogen (secondary N) is 2. The summed E-state index contributed by atoms with van der Waals surface area (Å²) in [5, 5.41) is 10.4. The van der Waals surface area contributed by atoms with Crippen LogP contribution in [0.15, 0.2) is 12.3 Å². The second-order valence-corrected chi connectivity index (χ2v) is 7.40. The highest BCUT2D eigenvalue weighted by Crippen LogP contribution is 2.38. The van der Waals surface area contributed by atoms with E-state index in [9.17, 15) is 9.59 Å². The molecule has 0 bridgehead atoms. The molecule has 9 heteroatoms. The minimum atomic E-state index is -0.360. The number of aromatic nitrogens is 2. The third-order valence-electron chi connectivity index (χ3n) is 4.16. The Bertz CT molecular complexity index is 856. The molecule has 1 aliphatic rings. The van der Waals surface area contributed by atoms with Crippen molar-refractivity contribution < 1.29 is 14.3 Å². The smallest absolute Gasteiger partial charge is 0.341 e. The van der Waals surface area contributed by atoms with Gasteiger partial charge in [0.25, 0.3) is 5.91 Å². The Hall–Kier alpha value is -2.26. The normalized spacial score (nSPS) is 13.0. The van der Waals surface area contributed by atoms with E-state index in [-0.39, 0.29) is 17.0 Å². The topological polar surface area (TPSA) is 85.2 Å². The van der Waals surface area contributed by atoms with E-state index < -0.39 is 0 Å². The number of aryl methyl sites for hydroxylation is 2. The Morgan fingerprint density at radius 1 is 1.38 bits per heavy atom. The van der Waals surface area contributed by atoms with Crippen LogP contribution in [-0.2, 0) is 24.6 Å². The van der Waals surface area contributed by atoms with Crippen molar-refractivity contribution in [2.75, 3.05) is 11.9 Å². The van der Waals surface area contributed by atoms with E-state index in [4.69, 9.17) is 17.0 Å². The number of nitrogens with zero attached hydrogens (tertiary/aromatic N) is 2. The molecule has 2 aromatic heterocycles. The Kier molecular flexibility index (Phi) is 5.67. The molecule has 2 N–H and O–H groups in total. The fourth-order valence-corrected chi connectivity index (χ4v) is 4.51. The zero-order valence-corrected chi connectivity index (χ0v) is 16.3. The van der Waals surface area contributed by atoms with Crippen molar-refractivity contribution >= 4 is 45.5 Å². The highest BCUT2D eigenvalue weighted by Gasteiger charge is 2.27. The maximum Gasteiger partial charge on any atom is 0.341 e. The molecule has 0 radical (unpaired) electrons. The zero-order chi connectivity index (χ0) is 18.7. The summed E-state index contributed by atoms with van der Waals surface area (Å²) in [5.74, 6) is -0.711. The number of rotatable bonds is 4. The third kappa shape index (κ3) is 3.78. The van der Waals surface area contributed by atoms with E-state index in [0.29, 0.717) is 22.9 Å². The van der Waals surface area contributed by atoms with Gasteiger partial charge in [-0.15, -0.1) is 11.3 Å². The average Bonchev–Trinajstić information content (AvgIpc) is 3.17. The average molecular weight is 393 g/mol. The summed E-state index contributed by atoms with van der Waals surface area (Å²) in [6.07, 6.45) is 5.50. The Balaban J connectivity index is 1.79. The molecule has 0 atom stereocenters. The Morgan fingerprint density at radius 2 is 2.15 bits per heavy atom. The first-order valence-corrected chi connectivity index (χ1v) is 9.65. The molecule has 2 aromatic rings. The van der Waals surface area contributed by atoms with Gasteiger partial charge < -0.3 is 10.1 Å². The molecule has 7 nitrogen and oxygen atoms in total. The maximum absolute atomic E-state index is 12.4. The van der Waals surface area contributed by atoms with Crippen LogP contribution in [0.4, 0.5) is 5.00 Å². The monoisotopic (exact) mass is 392 g/mol. The summed E-state index contributed by atoms with van der Waals surface area (Å²) >= 11 is 6.77. The molecular weight excluding hydrogens is 372 g/mol. The van der Waals surface area contributed by atoms with Crippen LogP contribution in [0.3, 0.4) is 0 Å². The predicted molar refractivity (Wildman–Crippen MR) is 104 cm³/mol. The largest absolute Gasteiger partial charge is 0.462 e. The molecule has 0 unspecified atom stereocenters. The number of fused-ring (bicyclic) bond motifs is 1. The van der Waals surface area contributed by atoms with Gasteiger partial charge in [0.15, 0.2) is 5.11 Å². The van der Waals surface area contributed by atoms with Crippen LogP contribution in [0.25, 0.3) is 0 Å². The highest BCUT2D eigenvalue weighted by atomic mass is 32.1. The lowest BCUT2D eigenvalue weighted by molar-refractivity contribution is 0.0526. The summed E-state index contributed by atoms with van der Waals surface area (Å²) in [4.78, 5) is 25.9. The van der Waals surface area contributed by atoms with Gasteiger partial charge in [-0.3, -0.25) is 14.8 Å². The van der Waals surface area contributed by atoms with Crippen LogP contribution in [0.2, 0.25) is 0 Å². The van der Waals surface area contributed by atoms with E-state index in [1.54, 1.807) is 20.0 Å². The lowest BCUT2D eigenvalue weighted by atomic mass is 9.95. The first-order valence-electron chi connectivity index (χ1n) is 8.43. The van der Waals surface area contributed by atoms with Crippen LogP contribution < -0.4 is 10.6 Å². The Morgan fingerprint density at radius 3 is 2.85 bits per heavy atom. The number of hydrogen-bond donors (Lipinski definition) is 2. The number of amides is 1. The van der Waals surface area contributed by atoms with Gasteiger partial charge in [0.1, 0.15) is 10.7 Å². The molecule has 138 valence electrons. The van der Waals surface area contributed by atoms with E-state index in [1.165, 1.54) is 27.1 Å². The molecule has 0 spiro atoms. The number of ether oxygens (including phenoxy) is 1. The number of carbonyl (C=O) groups is 2. The zero-order valence-electron chi connectivity index (χ0n) is 14.6. The van der Waals surface area contributed by atoms with Crippen LogP contribution in [0, 0.1) is 0 Å². The highest BCUT2D eigenvalue weighted by molar-refractivity contribution is 7.80. The van der Waals surface area contributed by atoms with Crippen molar-refractivity contribution in [3.63, 3.8) is 0 Å². The fourth-order valence-electron chi connectivity index (χ4n) is 2.97. The van der Waals surface area contributed by atoms with Crippen LogP contribution in [0.1, 0.15) is 51.1 Å². The number of carbonyl (C=O) groups excluding carboxylic acids is 2. The SMILES string of the molecule is CCOC(=O)c1c(NC(=S)NC(=O)c2ccnn2C)sc2c1CCCC2. The summed E-state index contributed by atoms with van der Waals surface area (Å²) in [6, 6.07) is 1.60. The number of anilines is 1. The second kappa shape index (κ2) is 7.96. The lowest BCUT2D eigenvalue weighted by Gasteiger charge is -2.13. The van der Waals surface area contributed by atoms with Gasteiger partial charge in [0.2, 0.25) is 0 Å². The van der Waals surface area contributed by atoms with Crippen molar-refractivity contribution in [2.24, 2.45) is 7.05 Å². The fraction of sp³-hybridized carbons (Fsp3) is 0.412. The Labute approximate surface area is 160 Å². The molecule has 26 heavy (non-hydrogen) atoms. The van der Waals surface area contributed by atoms with Crippen molar-refractivity contribution in [2.45, 2.75) is 32.6 Å². The number of hydrogen-bond acceptors (Lipinski definition) is 6.